The number of halogens is 1. The van der Waals surface area contributed by atoms with E-state index >= 15 is 0 Å². The van der Waals surface area contributed by atoms with Crippen molar-refractivity contribution in [3.8, 4) is 0 Å². The highest BCUT2D eigenvalue weighted by molar-refractivity contribution is 14.0. The predicted molar refractivity (Wildman–Crippen MR) is 102 cm³/mol. The summed E-state index contributed by atoms with van der Waals surface area (Å²) in [6.45, 7) is 4.20. The molecule has 1 rings (SSSR count). The molecule has 0 aliphatic rings. The van der Waals surface area contributed by atoms with Crippen LogP contribution in [0.25, 0.3) is 0 Å². The topological polar surface area (TPSA) is 73.8 Å². The molecule has 0 aromatic heterocycles. The number of nitrogens with one attached hydrogen (secondary N) is 2. The molecule has 22 heavy (non-hydrogen) atoms. The zero-order valence-corrected chi connectivity index (χ0v) is 16.4. The first kappa shape index (κ1) is 21.1. The Hall–Kier alpha value is -0.870. The van der Waals surface area contributed by atoms with Gasteiger partial charge >= 0.3 is 0 Å². The Morgan fingerprint density at radius 1 is 1.27 bits per heavy atom. The number of sulfonamides is 1. The molecule has 0 amide bonds. The Balaban J connectivity index is 0.00000441. The number of rotatable bonds is 7. The number of benzene rings is 1. The molecule has 0 unspecified atom stereocenters. The molecule has 0 spiro atoms. The second-order valence-electron chi connectivity index (χ2n) is 4.74. The first-order valence-electron chi connectivity index (χ1n) is 6.90. The van der Waals surface area contributed by atoms with Gasteiger partial charge in [0, 0.05) is 26.7 Å². The predicted octanol–water partition coefficient (Wildman–Crippen LogP) is 1.25. The van der Waals surface area contributed by atoms with Crippen molar-refractivity contribution in [3.05, 3.63) is 35.9 Å². The number of guanidine groups is 1. The van der Waals surface area contributed by atoms with Crippen molar-refractivity contribution in [1.82, 2.24) is 14.9 Å². The van der Waals surface area contributed by atoms with Crippen molar-refractivity contribution >= 4 is 40.0 Å². The third-order valence-corrected chi connectivity index (χ3v) is 3.43. The van der Waals surface area contributed by atoms with E-state index in [1.54, 1.807) is 0 Å². The fourth-order valence-electron chi connectivity index (χ4n) is 1.79. The summed E-state index contributed by atoms with van der Waals surface area (Å²) in [7, 11) is -1.20. The van der Waals surface area contributed by atoms with E-state index in [0.29, 0.717) is 13.1 Å². The monoisotopic (exact) mass is 440 g/mol. The average molecular weight is 440 g/mol. The van der Waals surface area contributed by atoms with E-state index in [4.69, 9.17) is 0 Å². The molecule has 1 aromatic rings. The highest BCUT2D eigenvalue weighted by atomic mass is 127. The second-order valence-corrected chi connectivity index (χ2v) is 6.58. The van der Waals surface area contributed by atoms with E-state index in [0.717, 1.165) is 25.3 Å². The van der Waals surface area contributed by atoms with Crippen LogP contribution in [0.15, 0.2) is 35.3 Å². The summed E-state index contributed by atoms with van der Waals surface area (Å²) >= 11 is 0. The zero-order valence-electron chi connectivity index (χ0n) is 13.2. The standard InChI is InChI=1S/C14H24N4O2S.HI/c1-4-15-14(16-10-11-17-21(3,19)20)18(2)12-13-8-6-5-7-9-13;/h5-9,17H,4,10-12H2,1-3H3,(H,15,16);1H. The molecule has 8 heteroatoms. The van der Waals surface area contributed by atoms with Crippen molar-refractivity contribution in [2.45, 2.75) is 13.5 Å². The van der Waals surface area contributed by atoms with Crippen LogP contribution in [0.1, 0.15) is 12.5 Å². The van der Waals surface area contributed by atoms with Gasteiger partial charge in [0.05, 0.1) is 12.8 Å². The third-order valence-electron chi connectivity index (χ3n) is 2.70. The van der Waals surface area contributed by atoms with Gasteiger partial charge in [-0.2, -0.15) is 0 Å². The molecule has 0 aliphatic carbocycles. The van der Waals surface area contributed by atoms with Crippen molar-refractivity contribution < 1.29 is 8.42 Å². The number of hydrogen-bond acceptors (Lipinski definition) is 3. The molecule has 1 aromatic carbocycles. The summed E-state index contributed by atoms with van der Waals surface area (Å²) in [5.74, 6) is 0.761. The van der Waals surface area contributed by atoms with Gasteiger partial charge in [-0.05, 0) is 12.5 Å². The van der Waals surface area contributed by atoms with Gasteiger partial charge in [0.25, 0.3) is 0 Å². The normalized spacial score (nSPS) is 11.7. The van der Waals surface area contributed by atoms with Crippen LogP contribution in [0.5, 0.6) is 0 Å². The molecule has 6 nitrogen and oxygen atoms in total. The Labute approximate surface area is 150 Å². The summed E-state index contributed by atoms with van der Waals surface area (Å²) in [6, 6.07) is 10.1. The minimum absolute atomic E-state index is 0. The van der Waals surface area contributed by atoms with Gasteiger partial charge in [0.1, 0.15) is 0 Å². The first-order valence-corrected chi connectivity index (χ1v) is 8.79. The quantitative estimate of drug-likeness (QED) is 0.290. The summed E-state index contributed by atoms with van der Waals surface area (Å²) in [5, 5.41) is 3.20. The molecule has 0 saturated heterocycles. The summed E-state index contributed by atoms with van der Waals surface area (Å²) < 4.78 is 24.4. The summed E-state index contributed by atoms with van der Waals surface area (Å²) in [6.07, 6.45) is 1.14. The average Bonchev–Trinajstić information content (AvgIpc) is 2.42. The second kappa shape index (κ2) is 10.8. The maximum absolute atomic E-state index is 11.0. The van der Waals surface area contributed by atoms with E-state index in [1.807, 2.05) is 37.1 Å². The van der Waals surface area contributed by atoms with E-state index in [1.165, 1.54) is 5.56 Å². The highest BCUT2D eigenvalue weighted by Crippen LogP contribution is 2.02. The van der Waals surface area contributed by atoms with Crippen molar-refractivity contribution in [1.29, 1.82) is 0 Å². The maximum atomic E-state index is 11.0. The van der Waals surface area contributed by atoms with Crippen LogP contribution in [-0.4, -0.2) is 52.2 Å². The Morgan fingerprint density at radius 3 is 2.45 bits per heavy atom. The Bertz CT molecular complexity index is 549. The molecule has 0 saturated carbocycles. The molecule has 0 fully saturated rings. The smallest absolute Gasteiger partial charge is 0.208 e. The van der Waals surface area contributed by atoms with Crippen molar-refractivity contribution in [3.63, 3.8) is 0 Å². The van der Waals surface area contributed by atoms with Gasteiger partial charge < -0.3 is 10.2 Å². The molecule has 0 aliphatic heterocycles. The molecule has 0 radical (unpaired) electrons. The number of nitrogens with zero attached hydrogens (tertiary/aromatic N) is 2. The fraction of sp³-hybridized carbons (Fsp3) is 0.500. The molecule has 126 valence electrons. The number of hydrogen-bond donors (Lipinski definition) is 2. The van der Waals surface area contributed by atoms with Crippen LogP contribution < -0.4 is 10.0 Å². The SMILES string of the molecule is CCNC(=NCCNS(C)(=O)=O)N(C)Cc1ccccc1.I. The molecule has 0 atom stereocenters. The zero-order chi connectivity index (χ0) is 15.7. The van der Waals surface area contributed by atoms with Crippen molar-refractivity contribution in [2.75, 3.05) is 32.9 Å². The maximum Gasteiger partial charge on any atom is 0.208 e. The number of aliphatic imine (C=N–C) groups is 1. The first-order chi connectivity index (χ1) is 9.92. The van der Waals surface area contributed by atoms with Gasteiger partial charge in [-0.3, -0.25) is 4.99 Å². The van der Waals surface area contributed by atoms with Gasteiger partial charge in [-0.25, -0.2) is 13.1 Å². The van der Waals surface area contributed by atoms with E-state index in [2.05, 4.69) is 27.2 Å². The lowest BCUT2D eigenvalue weighted by Gasteiger charge is -2.22. The molecular formula is C14H25IN4O2S. The van der Waals surface area contributed by atoms with Crippen LogP contribution >= 0.6 is 24.0 Å². The van der Waals surface area contributed by atoms with E-state index in [-0.39, 0.29) is 24.0 Å². The lowest BCUT2D eigenvalue weighted by molar-refractivity contribution is 0.477. The Kier molecular flexibility index (Phi) is 10.4. The largest absolute Gasteiger partial charge is 0.357 e. The lowest BCUT2D eigenvalue weighted by atomic mass is 10.2. The van der Waals surface area contributed by atoms with Crippen molar-refractivity contribution in [2.24, 2.45) is 4.99 Å². The molecule has 2 N–H and O–H groups in total. The lowest BCUT2D eigenvalue weighted by Crippen LogP contribution is -2.39. The molecular weight excluding hydrogens is 415 g/mol. The van der Waals surface area contributed by atoms with E-state index < -0.39 is 10.0 Å². The minimum atomic E-state index is -3.16. The summed E-state index contributed by atoms with van der Waals surface area (Å²) in [5.41, 5.74) is 1.19. The van der Waals surface area contributed by atoms with Crippen LogP contribution in [0.3, 0.4) is 0 Å². The van der Waals surface area contributed by atoms with Gasteiger partial charge in [0.2, 0.25) is 10.0 Å². The van der Waals surface area contributed by atoms with Gasteiger partial charge in [-0.15, -0.1) is 24.0 Å². The van der Waals surface area contributed by atoms with Crippen LogP contribution in [0.2, 0.25) is 0 Å². The molecule has 0 heterocycles. The minimum Gasteiger partial charge on any atom is -0.357 e. The summed E-state index contributed by atoms with van der Waals surface area (Å²) in [4.78, 5) is 6.43. The Morgan fingerprint density at radius 2 is 1.91 bits per heavy atom. The third kappa shape index (κ3) is 9.21. The molecule has 0 bridgehead atoms. The van der Waals surface area contributed by atoms with E-state index in [9.17, 15) is 8.42 Å². The van der Waals surface area contributed by atoms with Crippen LogP contribution in [0.4, 0.5) is 0 Å². The fourth-order valence-corrected chi connectivity index (χ4v) is 2.26. The highest BCUT2D eigenvalue weighted by Gasteiger charge is 2.06. The van der Waals surface area contributed by atoms with Crippen LogP contribution in [0, 0.1) is 0 Å². The van der Waals surface area contributed by atoms with Gasteiger partial charge in [0.15, 0.2) is 5.96 Å². The van der Waals surface area contributed by atoms with Crippen LogP contribution in [-0.2, 0) is 16.6 Å². The van der Waals surface area contributed by atoms with Gasteiger partial charge in [-0.1, -0.05) is 30.3 Å².